The van der Waals surface area contributed by atoms with Gasteiger partial charge in [0.1, 0.15) is 6.61 Å². The number of carbonyl (C=O) groups is 2. The van der Waals surface area contributed by atoms with Gasteiger partial charge in [-0.2, -0.15) is 0 Å². The lowest BCUT2D eigenvalue weighted by Gasteiger charge is -2.18. The highest BCUT2D eigenvalue weighted by atomic mass is 16.6. The van der Waals surface area contributed by atoms with Gasteiger partial charge in [0.2, 0.25) is 0 Å². The highest BCUT2D eigenvalue weighted by molar-refractivity contribution is 5.70. The monoisotopic (exact) mass is 955 g/mol. The van der Waals surface area contributed by atoms with E-state index in [1.807, 2.05) is 0 Å². The number of allylic oxidation sites excluding steroid dienone is 6. The van der Waals surface area contributed by atoms with Crippen molar-refractivity contribution in [2.45, 2.75) is 335 Å². The van der Waals surface area contributed by atoms with Gasteiger partial charge in [-0.15, -0.1) is 0 Å². The second kappa shape index (κ2) is 59.4. The van der Waals surface area contributed by atoms with Crippen molar-refractivity contribution in [2.75, 3.05) is 19.8 Å². The molecule has 0 amide bonds. The Hall–Kier alpha value is -1.88. The smallest absolute Gasteiger partial charge is 0.306 e. The van der Waals surface area contributed by atoms with E-state index in [-0.39, 0.29) is 18.5 Å². The molecule has 0 spiro atoms. The Labute approximate surface area is 425 Å². The molecule has 0 heterocycles. The van der Waals surface area contributed by atoms with Crippen molar-refractivity contribution in [3.63, 3.8) is 0 Å². The maximum atomic E-state index is 12.9. The van der Waals surface area contributed by atoms with Gasteiger partial charge < -0.3 is 14.2 Å². The summed E-state index contributed by atoms with van der Waals surface area (Å²) in [6.07, 6.45) is 73.1. The third kappa shape index (κ3) is 56.7. The van der Waals surface area contributed by atoms with Crippen LogP contribution in [0.15, 0.2) is 36.5 Å². The third-order valence-electron chi connectivity index (χ3n) is 13.6. The maximum Gasteiger partial charge on any atom is 0.306 e. The predicted octanol–water partition coefficient (Wildman–Crippen LogP) is 20.9. The molecule has 0 fully saturated rings. The Bertz CT molecular complexity index is 1080. The van der Waals surface area contributed by atoms with Gasteiger partial charge in [-0.1, -0.05) is 276 Å². The fourth-order valence-electron chi connectivity index (χ4n) is 9.07. The molecule has 1 atom stereocenters. The highest BCUT2D eigenvalue weighted by Crippen LogP contribution is 2.17. The summed E-state index contributed by atoms with van der Waals surface area (Å²) in [4.78, 5) is 25.6. The van der Waals surface area contributed by atoms with Crippen LogP contribution in [0.3, 0.4) is 0 Å². The first-order valence-electron chi connectivity index (χ1n) is 30.5. The van der Waals surface area contributed by atoms with E-state index >= 15 is 0 Å². The zero-order valence-electron chi connectivity index (χ0n) is 46.1. The van der Waals surface area contributed by atoms with Crippen molar-refractivity contribution in [3.05, 3.63) is 36.5 Å². The van der Waals surface area contributed by atoms with E-state index in [1.54, 1.807) is 0 Å². The van der Waals surface area contributed by atoms with Crippen LogP contribution in [0.5, 0.6) is 0 Å². The van der Waals surface area contributed by atoms with Gasteiger partial charge in [-0.3, -0.25) is 9.59 Å². The van der Waals surface area contributed by atoms with Crippen molar-refractivity contribution in [3.8, 4) is 0 Å². The van der Waals surface area contributed by atoms with Crippen LogP contribution in [-0.4, -0.2) is 37.9 Å². The summed E-state index contributed by atoms with van der Waals surface area (Å²) in [5.74, 6) is -0.386. The van der Waals surface area contributed by atoms with Crippen LogP contribution in [-0.2, 0) is 23.8 Å². The minimum atomic E-state index is -0.536. The van der Waals surface area contributed by atoms with Crippen LogP contribution in [0.2, 0.25) is 0 Å². The first-order chi connectivity index (χ1) is 33.6. The largest absolute Gasteiger partial charge is 0.462 e. The van der Waals surface area contributed by atoms with Crippen molar-refractivity contribution < 1.29 is 23.8 Å². The number of esters is 2. The van der Waals surface area contributed by atoms with Gasteiger partial charge in [-0.25, -0.2) is 0 Å². The number of rotatable bonds is 57. The Kier molecular flexibility index (Phi) is 57.8. The van der Waals surface area contributed by atoms with E-state index in [0.717, 1.165) is 44.9 Å². The molecule has 0 radical (unpaired) electrons. The zero-order chi connectivity index (χ0) is 49.2. The Morgan fingerprint density at radius 3 is 1.01 bits per heavy atom. The van der Waals surface area contributed by atoms with E-state index in [4.69, 9.17) is 14.2 Å². The average molecular weight is 956 g/mol. The van der Waals surface area contributed by atoms with Gasteiger partial charge in [0.25, 0.3) is 0 Å². The minimum Gasteiger partial charge on any atom is -0.462 e. The van der Waals surface area contributed by atoms with Crippen molar-refractivity contribution in [1.29, 1.82) is 0 Å². The van der Waals surface area contributed by atoms with Gasteiger partial charge in [0.05, 0.1) is 6.61 Å². The second-order valence-corrected chi connectivity index (χ2v) is 20.6. The standard InChI is InChI=1S/C63H118O5/c1-4-7-10-13-16-19-22-25-28-30-31-32-34-37-40-43-46-49-52-55-58-66-59-61(68-63(65)57-54-51-48-45-42-39-35-27-24-21-18-15-12-9-6-3)60-67-62(64)56-53-50-47-44-41-38-36-33-29-26-23-20-17-14-11-8-5-2/h17,20,25-26,28-29,61H,4-16,18-19,21-24,27,30-60H2,1-3H3/b20-17-,28-25-,29-26-. The summed E-state index contributed by atoms with van der Waals surface area (Å²) in [5.41, 5.74) is 0. The fraction of sp³-hybridized carbons (Fsp3) is 0.873. The van der Waals surface area contributed by atoms with E-state index in [1.165, 1.54) is 250 Å². The molecule has 0 aromatic rings. The molecule has 0 rings (SSSR count). The van der Waals surface area contributed by atoms with Gasteiger partial charge >= 0.3 is 11.9 Å². The molecule has 5 nitrogen and oxygen atoms in total. The summed E-state index contributed by atoms with van der Waals surface area (Å²) in [6, 6.07) is 0. The number of hydrogen-bond acceptors (Lipinski definition) is 5. The number of unbranched alkanes of at least 4 members (excludes halogenated alkanes) is 40. The van der Waals surface area contributed by atoms with Crippen LogP contribution in [0.4, 0.5) is 0 Å². The molecular weight excluding hydrogens is 837 g/mol. The topological polar surface area (TPSA) is 61.8 Å². The molecule has 0 N–H and O–H groups in total. The predicted molar refractivity (Wildman–Crippen MR) is 298 cm³/mol. The second-order valence-electron chi connectivity index (χ2n) is 20.6. The average Bonchev–Trinajstić information content (AvgIpc) is 3.34. The lowest BCUT2D eigenvalue weighted by Crippen LogP contribution is -2.30. The van der Waals surface area contributed by atoms with Gasteiger partial charge in [0.15, 0.2) is 6.10 Å². The number of hydrogen-bond donors (Lipinski definition) is 0. The van der Waals surface area contributed by atoms with Gasteiger partial charge in [-0.05, 0) is 77.0 Å². The highest BCUT2D eigenvalue weighted by Gasteiger charge is 2.17. The molecule has 400 valence electrons. The molecular formula is C63H118O5. The first-order valence-corrected chi connectivity index (χ1v) is 30.5. The summed E-state index contributed by atoms with van der Waals surface area (Å²) < 4.78 is 17.5. The molecule has 0 bridgehead atoms. The number of carbonyl (C=O) groups excluding carboxylic acids is 2. The summed E-state index contributed by atoms with van der Waals surface area (Å²) in [6.45, 7) is 7.86. The van der Waals surface area contributed by atoms with E-state index in [2.05, 4.69) is 57.2 Å². The van der Waals surface area contributed by atoms with Gasteiger partial charge in [0, 0.05) is 19.4 Å². The Balaban J connectivity index is 4.23. The molecule has 0 aromatic carbocycles. The van der Waals surface area contributed by atoms with Crippen LogP contribution >= 0.6 is 0 Å². The molecule has 0 aliphatic rings. The summed E-state index contributed by atoms with van der Waals surface area (Å²) in [7, 11) is 0. The third-order valence-corrected chi connectivity index (χ3v) is 13.6. The molecule has 0 aliphatic heterocycles. The maximum absolute atomic E-state index is 12.9. The number of ether oxygens (including phenoxy) is 3. The SMILES string of the molecule is CCCCC/C=C\C/C=C\CCCCCCCCCC(=O)OCC(COCCCCCCCCCCCC/C=C\CCCCCCCC)OC(=O)CCCCCCCCCCCCCCCCC. The molecule has 0 saturated heterocycles. The van der Waals surface area contributed by atoms with Crippen LogP contribution < -0.4 is 0 Å². The molecule has 0 aromatic heterocycles. The lowest BCUT2D eigenvalue weighted by atomic mass is 10.0. The first kappa shape index (κ1) is 66.1. The fourth-order valence-corrected chi connectivity index (χ4v) is 9.07. The Morgan fingerprint density at radius 1 is 0.324 bits per heavy atom. The molecule has 0 aliphatic carbocycles. The quantitative estimate of drug-likeness (QED) is 0.0345. The minimum absolute atomic E-state index is 0.0864. The van der Waals surface area contributed by atoms with Crippen LogP contribution in [0.1, 0.15) is 329 Å². The van der Waals surface area contributed by atoms with E-state index in [0.29, 0.717) is 26.1 Å². The Morgan fingerprint density at radius 2 is 0.618 bits per heavy atom. The lowest BCUT2D eigenvalue weighted by molar-refractivity contribution is -0.163. The molecule has 5 heteroatoms. The normalized spacial score (nSPS) is 12.3. The van der Waals surface area contributed by atoms with Crippen molar-refractivity contribution in [1.82, 2.24) is 0 Å². The van der Waals surface area contributed by atoms with Crippen molar-refractivity contribution in [2.24, 2.45) is 0 Å². The molecule has 68 heavy (non-hydrogen) atoms. The molecule has 1 unspecified atom stereocenters. The van der Waals surface area contributed by atoms with Crippen LogP contribution in [0.25, 0.3) is 0 Å². The van der Waals surface area contributed by atoms with E-state index in [9.17, 15) is 9.59 Å². The van der Waals surface area contributed by atoms with Crippen molar-refractivity contribution >= 4 is 11.9 Å². The summed E-state index contributed by atoms with van der Waals surface area (Å²) >= 11 is 0. The molecule has 0 saturated carbocycles. The summed E-state index contributed by atoms with van der Waals surface area (Å²) in [5, 5.41) is 0. The zero-order valence-corrected chi connectivity index (χ0v) is 46.1. The van der Waals surface area contributed by atoms with E-state index < -0.39 is 6.10 Å². The van der Waals surface area contributed by atoms with Crippen LogP contribution in [0, 0.1) is 0 Å².